The van der Waals surface area contributed by atoms with Gasteiger partial charge in [0.2, 0.25) is 5.91 Å². The Morgan fingerprint density at radius 1 is 1.17 bits per heavy atom. The van der Waals surface area contributed by atoms with Gasteiger partial charge in [0.15, 0.2) is 0 Å². The Kier molecular flexibility index (Phi) is 5.38. The molecule has 1 fully saturated rings. The summed E-state index contributed by atoms with van der Waals surface area (Å²) < 4.78 is 0.623. The normalized spacial score (nSPS) is 14.8. The second-order valence-corrected chi connectivity index (χ2v) is 6.64. The lowest BCUT2D eigenvalue weighted by Gasteiger charge is -2.22. The van der Waals surface area contributed by atoms with Gasteiger partial charge in [0.05, 0.1) is 10.9 Å². The number of urea groups is 1. The van der Waals surface area contributed by atoms with Gasteiger partial charge >= 0.3 is 17.8 Å². The number of halogens is 1. The van der Waals surface area contributed by atoms with Gasteiger partial charge in [-0.3, -0.25) is 19.3 Å². The third-order valence-corrected chi connectivity index (χ3v) is 4.67. The number of carbonyl (C=O) groups excluding carboxylic acids is 4. The summed E-state index contributed by atoms with van der Waals surface area (Å²) in [5.41, 5.74) is 0. The molecule has 7 nitrogen and oxygen atoms in total. The molecule has 1 aromatic rings. The summed E-state index contributed by atoms with van der Waals surface area (Å²) in [7, 11) is 0. The first kappa shape index (κ1) is 17.4. The Hall–Kier alpha value is -1.93. The van der Waals surface area contributed by atoms with Crippen LogP contribution in [-0.2, 0) is 20.9 Å². The standard InChI is InChI=1S/C14H16ClN3O4S/c1-3-16(7-9-5-6-10(15)23-9)11(19)8-18-13(21)12(20)17(4-2)14(18)22/h5-6H,3-4,7-8H2,1-2H3. The van der Waals surface area contributed by atoms with Gasteiger partial charge in [-0.1, -0.05) is 11.6 Å². The van der Waals surface area contributed by atoms with Gasteiger partial charge in [-0.25, -0.2) is 9.69 Å². The molecule has 0 unspecified atom stereocenters. The smallest absolute Gasteiger partial charge is 0.334 e. The zero-order valence-electron chi connectivity index (χ0n) is 12.7. The number of hydrogen-bond donors (Lipinski definition) is 0. The highest BCUT2D eigenvalue weighted by molar-refractivity contribution is 7.16. The van der Waals surface area contributed by atoms with Gasteiger partial charge in [-0.2, -0.15) is 0 Å². The lowest BCUT2D eigenvalue weighted by atomic mass is 10.3. The molecule has 0 spiro atoms. The van der Waals surface area contributed by atoms with Crippen LogP contribution in [0.1, 0.15) is 18.7 Å². The van der Waals surface area contributed by atoms with E-state index in [9.17, 15) is 19.2 Å². The Bertz CT molecular complexity index is 660. The Morgan fingerprint density at radius 3 is 2.30 bits per heavy atom. The number of rotatable bonds is 6. The molecule has 9 heteroatoms. The van der Waals surface area contributed by atoms with E-state index in [-0.39, 0.29) is 6.54 Å². The molecule has 1 aromatic heterocycles. The highest BCUT2D eigenvalue weighted by Gasteiger charge is 2.44. The minimum Gasteiger partial charge on any atom is -0.336 e. The third-order valence-electron chi connectivity index (χ3n) is 3.45. The van der Waals surface area contributed by atoms with Gasteiger partial charge in [0, 0.05) is 18.0 Å². The van der Waals surface area contributed by atoms with Crippen LogP contribution in [0.3, 0.4) is 0 Å². The molecular formula is C14H16ClN3O4S. The van der Waals surface area contributed by atoms with Crippen LogP contribution >= 0.6 is 22.9 Å². The van der Waals surface area contributed by atoms with Crippen molar-refractivity contribution < 1.29 is 19.2 Å². The molecule has 1 aliphatic heterocycles. The molecule has 0 aliphatic carbocycles. The molecule has 0 aromatic carbocycles. The van der Waals surface area contributed by atoms with E-state index in [0.717, 1.165) is 9.78 Å². The molecule has 2 rings (SSSR count). The molecule has 0 atom stereocenters. The van der Waals surface area contributed by atoms with Crippen LogP contribution in [0, 0.1) is 0 Å². The second-order valence-electron chi connectivity index (χ2n) is 4.84. The van der Waals surface area contributed by atoms with Crippen molar-refractivity contribution in [1.82, 2.24) is 14.7 Å². The van der Waals surface area contributed by atoms with Crippen molar-refractivity contribution in [3.8, 4) is 0 Å². The van der Waals surface area contributed by atoms with Gasteiger partial charge in [0.1, 0.15) is 6.54 Å². The largest absolute Gasteiger partial charge is 0.336 e. The predicted molar refractivity (Wildman–Crippen MR) is 84.9 cm³/mol. The number of imide groups is 2. The van der Waals surface area contributed by atoms with Crippen molar-refractivity contribution >= 4 is 46.7 Å². The van der Waals surface area contributed by atoms with Gasteiger partial charge < -0.3 is 4.90 Å². The number of thiophene rings is 1. The van der Waals surface area contributed by atoms with E-state index in [1.807, 2.05) is 6.07 Å². The van der Waals surface area contributed by atoms with Crippen LogP contribution in [-0.4, -0.2) is 58.1 Å². The van der Waals surface area contributed by atoms with E-state index in [4.69, 9.17) is 11.6 Å². The molecular weight excluding hydrogens is 342 g/mol. The highest BCUT2D eigenvalue weighted by Crippen LogP contribution is 2.23. The van der Waals surface area contributed by atoms with E-state index in [1.165, 1.54) is 16.2 Å². The first-order valence-electron chi connectivity index (χ1n) is 7.08. The molecule has 124 valence electrons. The number of carbonyl (C=O) groups is 4. The Labute approximate surface area is 142 Å². The summed E-state index contributed by atoms with van der Waals surface area (Å²) in [6, 6.07) is 2.81. The van der Waals surface area contributed by atoms with Gasteiger partial charge in [-0.05, 0) is 26.0 Å². The molecule has 0 saturated carbocycles. The van der Waals surface area contributed by atoms with Crippen LogP contribution in [0.4, 0.5) is 4.79 Å². The lowest BCUT2D eigenvalue weighted by Crippen LogP contribution is -2.43. The summed E-state index contributed by atoms with van der Waals surface area (Å²) in [4.78, 5) is 51.7. The van der Waals surface area contributed by atoms with E-state index in [2.05, 4.69) is 0 Å². The second kappa shape index (κ2) is 7.10. The molecule has 0 N–H and O–H groups in total. The van der Waals surface area contributed by atoms with Crippen molar-refractivity contribution in [1.29, 1.82) is 0 Å². The minimum absolute atomic E-state index is 0.0965. The van der Waals surface area contributed by atoms with Crippen molar-refractivity contribution in [3.63, 3.8) is 0 Å². The first-order chi connectivity index (χ1) is 10.9. The van der Waals surface area contributed by atoms with Crippen LogP contribution in [0.2, 0.25) is 4.34 Å². The number of likely N-dealkylation sites (N-methyl/N-ethyl adjacent to an activating group) is 2. The van der Waals surface area contributed by atoms with Gasteiger partial charge in [0.25, 0.3) is 0 Å². The molecule has 1 saturated heterocycles. The zero-order valence-corrected chi connectivity index (χ0v) is 14.3. The average molecular weight is 358 g/mol. The van der Waals surface area contributed by atoms with Crippen molar-refractivity contribution in [3.05, 3.63) is 21.3 Å². The Balaban J connectivity index is 2.06. The number of hydrogen-bond acceptors (Lipinski definition) is 5. The maximum Gasteiger partial charge on any atom is 0.334 e. The minimum atomic E-state index is -0.958. The number of amides is 5. The van der Waals surface area contributed by atoms with Gasteiger partial charge in [-0.15, -0.1) is 11.3 Å². The molecule has 5 amide bonds. The van der Waals surface area contributed by atoms with E-state index >= 15 is 0 Å². The molecule has 1 aliphatic rings. The maximum absolute atomic E-state index is 12.4. The fraction of sp³-hybridized carbons (Fsp3) is 0.429. The third kappa shape index (κ3) is 3.53. The summed E-state index contributed by atoms with van der Waals surface area (Å²) in [5.74, 6) is -2.25. The maximum atomic E-state index is 12.4. The number of nitrogens with zero attached hydrogens (tertiary/aromatic N) is 3. The lowest BCUT2D eigenvalue weighted by molar-refractivity contribution is -0.144. The highest BCUT2D eigenvalue weighted by atomic mass is 35.5. The average Bonchev–Trinajstić information content (AvgIpc) is 3.02. The van der Waals surface area contributed by atoms with E-state index < -0.39 is 30.3 Å². The van der Waals surface area contributed by atoms with E-state index in [1.54, 1.807) is 19.9 Å². The summed E-state index contributed by atoms with van der Waals surface area (Å²) >= 11 is 7.22. The SMILES string of the molecule is CCN(Cc1ccc(Cl)s1)C(=O)CN1C(=O)C(=O)N(CC)C1=O. The fourth-order valence-electron chi connectivity index (χ4n) is 2.21. The van der Waals surface area contributed by atoms with Crippen LogP contribution in [0.15, 0.2) is 12.1 Å². The predicted octanol–water partition coefficient (Wildman–Crippen LogP) is 1.56. The van der Waals surface area contributed by atoms with Crippen molar-refractivity contribution in [2.24, 2.45) is 0 Å². The summed E-state index contributed by atoms with van der Waals surface area (Å²) in [5, 5.41) is 0. The Morgan fingerprint density at radius 2 is 1.83 bits per heavy atom. The summed E-state index contributed by atoms with van der Waals surface area (Å²) in [6.07, 6.45) is 0. The first-order valence-corrected chi connectivity index (χ1v) is 8.27. The quantitative estimate of drug-likeness (QED) is 0.571. The molecule has 23 heavy (non-hydrogen) atoms. The monoisotopic (exact) mass is 357 g/mol. The molecule has 0 radical (unpaired) electrons. The molecule has 2 heterocycles. The van der Waals surface area contributed by atoms with Crippen molar-refractivity contribution in [2.45, 2.75) is 20.4 Å². The summed E-state index contributed by atoms with van der Waals surface area (Å²) in [6.45, 7) is 3.80. The van der Waals surface area contributed by atoms with Crippen LogP contribution in [0.25, 0.3) is 0 Å². The van der Waals surface area contributed by atoms with E-state index in [0.29, 0.717) is 22.3 Å². The van der Waals surface area contributed by atoms with Crippen LogP contribution in [0.5, 0.6) is 0 Å². The van der Waals surface area contributed by atoms with Crippen LogP contribution < -0.4 is 0 Å². The molecule has 0 bridgehead atoms. The topological polar surface area (TPSA) is 78.0 Å². The zero-order chi connectivity index (χ0) is 17.1. The fourth-order valence-corrected chi connectivity index (χ4v) is 3.31. The van der Waals surface area contributed by atoms with Crippen molar-refractivity contribution in [2.75, 3.05) is 19.6 Å².